The smallest absolute Gasteiger partial charge is 0.237 e. The fourth-order valence-electron chi connectivity index (χ4n) is 3.07. The molecule has 8 nitrogen and oxygen atoms in total. The van der Waals surface area contributed by atoms with Gasteiger partial charge in [0.15, 0.2) is 5.82 Å². The fraction of sp³-hybridized carbons (Fsp3) is 0.348. The second kappa shape index (κ2) is 10.4. The van der Waals surface area contributed by atoms with Crippen LogP contribution in [0.2, 0.25) is 0 Å². The number of carbonyl (C=O) groups excluding carboxylic acids is 1. The zero-order valence-electron chi connectivity index (χ0n) is 19.0. The first-order valence-corrected chi connectivity index (χ1v) is 11.2. The maximum atomic E-state index is 12.6. The van der Waals surface area contributed by atoms with Gasteiger partial charge in [0.1, 0.15) is 18.1 Å². The summed E-state index contributed by atoms with van der Waals surface area (Å²) in [4.78, 5) is 12.6. The van der Waals surface area contributed by atoms with Crippen LogP contribution in [0, 0.1) is 6.92 Å². The summed E-state index contributed by atoms with van der Waals surface area (Å²) in [5.74, 6) is 8.19. The molecule has 0 aliphatic carbocycles. The summed E-state index contributed by atoms with van der Waals surface area (Å²) in [6.45, 7) is 8.22. The molecule has 32 heavy (non-hydrogen) atoms. The van der Waals surface area contributed by atoms with Crippen LogP contribution >= 0.6 is 11.8 Å². The normalized spacial score (nSPS) is 11.9. The molecule has 1 amide bonds. The molecule has 0 spiro atoms. The average Bonchev–Trinajstić information content (AvgIpc) is 3.11. The first-order chi connectivity index (χ1) is 15.3. The van der Waals surface area contributed by atoms with Crippen molar-refractivity contribution in [3.63, 3.8) is 0 Å². The number of methoxy groups -OCH3 is 1. The topological polar surface area (TPSA) is 104 Å². The molecular formula is C23H29N5O3S. The van der Waals surface area contributed by atoms with Crippen molar-refractivity contribution in [2.45, 2.75) is 50.6 Å². The molecule has 1 heterocycles. The van der Waals surface area contributed by atoms with Crippen molar-refractivity contribution in [2.24, 2.45) is 0 Å². The lowest BCUT2D eigenvalue weighted by atomic mass is 10.0. The molecule has 0 aliphatic heterocycles. The Balaban J connectivity index is 1.65. The quantitative estimate of drug-likeness (QED) is 0.369. The number of thioether (sulfide) groups is 1. The number of hydrogen-bond donors (Lipinski definition) is 2. The van der Waals surface area contributed by atoms with Crippen molar-refractivity contribution >= 4 is 23.4 Å². The van der Waals surface area contributed by atoms with E-state index in [0.717, 1.165) is 16.9 Å². The van der Waals surface area contributed by atoms with Gasteiger partial charge in [-0.3, -0.25) is 4.79 Å². The van der Waals surface area contributed by atoms with Gasteiger partial charge in [-0.2, -0.15) is 0 Å². The highest BCUT2D eigenvalue weighted by Crippen LogP contribution is 2.29. The molecule has 0 aliphatic rings. The van der Waals surface area contributed by atoms with E-state index in [0.29, 0.717) is 28.3 Å². The van der Waals surface area contributed by atoms with Gasteiger partial charge in [0.05, 0.1) is 18.0 Å². The van der Waals surface area contributed by atoms with Gasteiger partial charge in [-0.25, -0.2) is 4.68 Å². The van der Waals surface area contributed by atoms with Gasteiger partial charge in [-0.05, 0) is 49.1 Å². The standard InChI is InChI=1S/C23H29N5O3S/c1-14(2)17-11-10-15(3)12-20(17)31-13-21-26-27-23(28(21)24)32-16(4)22(29)25-18-8-6-7-9-19(18)30-5/h6-12,14,16H,13,24H2,1-5H3,(H,25,29). The summed E-state index contributed by atoms with van der Waals surface area (Å²) in [6, 6.07) is 13.4. The molecule has 0 saturated carbocycles. The number of nitrogens with two attached hydrogens (primary N) is 1. The van der Waals surface area contributed by atoms with Crippen molar-refractivity contribution in [2.75, 3.05) is 18.3 Å². The minimum atomic E-state index is -0.454. The van der Waals surface area contributed by atoms with Crippen LogP contribution in [0.5, 0.6) is 11.5 Å². The van der Waals surface area contributed by atoms with Gasteiger partial charge in [-0.1, -0.05) is 49.9 Å². The molecule has 1 unspecified atom stereocenters. The number of nitrogens with zero attached hydrogens (tertiary/aromatic N) is 3. The third-order valence-corrected chi connectivity index (χ3v) is 5.96. The number of nitrogens with one attached hydrogen (secondary N) is 1. The van der Waals surface area contributed by atoms with Crippen molar-refractivity contribution < 1.29 is 14.3 Å². The van der Waals surface area contributed by atoms with E-state index in [1.807, 2.05) is 25.1 Å². The van der Waals surface area contributed by atoms with Gasteiger partial charge < -0.3 is 20.6 Å². The Bertz CT molecular complexity index is 1080. The van der Waals surface area contributed by atoms with Gasteiger partial charge >= 0.3 is 0 Å². The number of ether oxygens (including phenoxy) is 2. The third-order valence-electron chi connectivity index (χ3n) is 4.90. The maximum Gasteiger partial charge on any atom is 0.237 e. The largest absolute Gasteiger partial charge is 0.495 e. The van der Waals surface area contributed by atoms with Gasteiger partial charge in [0, 0.05) is 0 Å². The fourth-order valence-corrected chi connectivity index (χ4v) is 3.85. The number of nitrogen functional groups attached to an aromatic ring is 1. The number of hydrogen-bond acceptors (Lipinski definition) is 7. The van der Waals surface area contributed by atoms with E-state index in [4.69, 9.17) is 15.3 Å². The van der Waals surface area contributed by atoms with E-state index < -0.39 is 5.25 Å². The van der Waals surface area contributed by atoms with Crippen molar-refractivity contribution in [3.05, 3.63) is 59.4 Å². The minimum Gasteiger partial charge on any atom is -0.495 e. The zero-order chi connectivity index (χ0) is 23.3. The van der Waals surface area contributed by atoms with E-state index in [1.165, 1.54) is 16.4 Å². The highest BCUT2D eigenvalue weighted by atomic mass is 32.2. The minimum absolute atomic E-state index is 0.176. The number of rotatable bonds is 9. The lowest BCUT2D eigenvalue weighted by molar-refractivity contribution is -0.115. The Morgan fingerprint density at radius 1 is 1.16 bits per heavy atom. The molecule has 2 aromatic carbocycles. The van der Waals surface area contributed by atoms with Crippen LogP contribution in [-0.4, -0.2) is 33.1 Å². The van der Waals surface area contributed by atoms with Crippen LogP contribution in [0.3, 0.4) is 0 Å². The van der Waals surface area contributed by atoms with Crippen molar-refractivity contribution in [3.8, 4) is 11.5 Å². The van der Waals surface area contributed by atoms with Crippen LogP contribution in [0.25, 0.3) is 0 Å². The molecule has 3 N–H and O–H groups in total. The average molecular weight is 456 g/mol. The second-order valence-corrected chi connectivity index (χ2v) is 9.01. The third kappa shape index (κ3) is 5.53. The molecule has 0 saturated heterocycles. The maximum absolute atomic E-state index is 12.6. The van der Waals surface area contributed by atoms with E-state index in [-0.39, 0.29) is 12.5 Å². The van der Waals surface area contributed by atoms with E-state index in [9.17, 15) is 4.79 Å². The number of para-hydroxylation sites is 2. The van der Waals surface area contributed by atoms with E-state index in [2.05, 4.69) is 41.5 Å². The van der Waals surface area contributed by atoms with Gasteiger partial charge in [0.25, 0.3) is 0 Å². The molecule has 3 aromatic rings. The lowest BCUT2D eigenvalue weighted by Crippen LogP contribution is -2.24. The molecular weight excluding hydrogens is 426 g/mol. The Hall–Kier alpha value is -3.20. The summed E-state index contributed by atoms with van der Waals surface area (Å²) in [5, 5.41) is 11.1. The van der Waals surface area contributed by atoms with Crippen LogP contribution in [0.15, 0.2) is 47.6 Å². The van der Waals surface area contributed by atoms with Crippen LogP contribution in [0.1, 0.15) is 43.6 Å². The molecule has 0 bridgehead atoms. The molecule has 170 valence electrons. The predicted octanol–water partition coefficient (Wildman–Crippen LogP) is 4.13. The Labute approximate surface area is 192 Å². The summed E-state index contributed by atoms with van der Waals surface area (Å²) in [6.07, 6.45) is 0. The second-order valence-electron chi connectivity index (χ2n) is 7.70. The number of anilines is 1. The molecule has 0 radical (unpaired) electrons. The Kier molecular flexibility index (Phi) is 7.63. The first kappa shape index (κ1) is 23.5. The number of aromatic nitrogens is 3. The van der Waals surface area contributed by atoms with Crippen molar-refractivity contribution in [1.82, 2.24) is 14.9 Å². The number of benzene rings is 2. The highest BCUT2D eigenvalue weighted by molar-refractivity contribution is 8.00. The number of amides is 1. The van der Waals surface area contributed by atoms with Crippen LogP contribution in [-0.2, 0) is 11.4 Å². The summed E-state index contributed by atoms with van der Waals surface area (Å²) in [7, 11) is 1.56. The Morgan fingerprint density at radius 3 is 2.62 bits per heavy atom. The number of aryl methyl sites for hydroxylation is 1. The van der Waals surface area contributed by atoms with Crippen LogP contribution < -0.4 is 20.6 Å². The first-order valence-electron chi connectivity index (χ1n) is 10.3. The molecule has 9 heteroatoms. The van der Waals surface area contributed by atoms with Crippen molar-refractivity contribution in [1.29, 1.82) is 0 Å². The predicted molar refractivity (Wildman–Crippen MR) is 127 cm³/mol. The summed E-state index contributed by atoms with van der Waals surface area (Å²) < 4.78 is 12.7. The number of carbonyl (C=O) groups is 1. The highest BCUT2D eigenvalue weighted by Gasteiger charge is 2.21. The lowest BCUT2D eigenvalue weighted by Gasteiger charge is -2.15. The monoisotopic (exact) mass is 455 g/mol. The molecule has 1 atom stereocenters. The van der Waals surface area contributed by atoms with E-state index in [1.54, 1.807) is 26.2 Å². The molecule has 3 rings (SSSR count). The van der Waals surface area contributed by atoms with E-state index >= 15 is 0 Å². The molecule has 1 aromatic heterocycles. The van der Waals surface area contributed by atoms with Gasteiger partial charge in [-0.15, -0.1) is 10.2 Å². The molecule has 0 fully saturated rings. The Morgan fingerprint density at radius 2 is 1.91 bits per heavy atom. The van der Waals surface area contributed by atoms with Gasteiger partial charge in [0.2, 0.25) is 11.1 Å². The summed E-state index contributed by atoms with van der Waals surface area (Å²) >= 11 is 1.22. The summed E-state index contributed by atoms with van der Waals surface area (Å²) in [5.41, 5.74) is 2.84. The zero-order valence-corrected chi connectivity index (χ0v) is 19.8. The van der Waals surface area contributed by atoms with Crippen LogP contribution in [0.4, 0.5) is 5.69 Å². The SMILES string of the molecule is COc1ccccc1NC(=O)C(C)Sc1nnc(COc2cc(C)ccc2C(C)C)n1N.